The van der Waals surface area contributed by atoms with E-state index in [1.54, 1.807) is 6.20 Å². The number of aromatic nitrogens is 1. The fraction of sp³-hybridized carbons (Fsp3) is 0.545. The fourth-order valence-electron chi connectivity index (χ4n) is 1.88. The Hall–Kier alpha value is -0.290. The molecule has 1 aliphatic carbocycles. The molecule has 1 saturated carbocycles. The van der Waals surface area contributed by atoms with Crippen LogP contribution >= 0.6 is 31.9 Å². The van der Waals surface area contributed by atoms with Gasteiger partial charge in [0.25, 0.3) is 0 Å². The number of nitrogens with two attached hydrogens (primary N) is 1. The molecule has 5 heteroatoms. The number of anilines is 1. The lowest BCUT2D eigenvalue weighted by Crippen LogP contribution is -2.20. The average Bonchev–Trinajstić information content (AvgIpc) is 2.31. The Morgan fingerprint density at radius 3 is 2.62 bits per heavy atom. The summed E-state index contributed by atoms with van der Waals surface area (Å²) >= 11 is 6.75. The summed E-state index contributed by atoms with van der Waals surface area (Å²) in [6.07, 6.45) is 8.00. The highest BCUT2D eigenvalue weighted by Crippen LogP contribution is 2.35. The van der Waals surface area contributed by atoms with Gasteiger partial charge in [0.15, 0.2) is 0 Å². The van der Waals surface area contributed by atoms with Gasteiger partial charge < -0.3 is 10.5 Å². The first kappa shape index (κ1) is 12.2. The van der Waals surface area contributed by atoms with Gasteiger partial charge in [0.05, 0.1) is 10.2 Å². The molecule has 1 fully saturated rings. The van der Waals surface area contributed by atoms with Crippen molar-refractivity contribution in [3.05, 3.63) is 15.1 Å². The summed E-state index contributed by atoms with van der Waals surface area (Å²) in [6, 6.07) is 0. The van der Waals surface area contributed by atoms with Crippen LogP contribution in [0.25, 0.3) is 0 Å². The number of hydrogen-bond acceptors (Lipinski definition) is 3. The molecule has 0 amide bonds. The van der Waals surface area contributed by atoms with Crippen LogP contribution in [-0.2, 0) is 0 Å². The number of halogens is 2. The first-order valence-electron chi connectivity index (χ1n) is 5.44. The second kappa shape index (κ2) is 5.36. The van der Waals surface area contributed by atoms with E-state index in [-0.39, 0.29) is 6.10 Å². The largest absolute Gasteiger partial charge is 0.473 e. The number of pyridine rings is 1. The summed E-state index contributed by atoms with van der Waals surface area (Å²) in [5.74, 6) is 0.604. The molecule has 0 aromatic carbocycles. The van der Waals surface area contributed by atoms with E-state index >= 15 is 0 Å². The van der Waals surface area contributed by atoms with Crippen molar-refractivity contribution in [3.63, 3.8) is 0 Å². The van der Waals surface area contributed by atoms with Gasteiger partial charge >= 0.3 is 0 Å². The van der Waals surface area contributed by atoms with Gasteiger partial charge in [-0.15, -0.1) is 0 Å². The van der Waals surface area contributed by atoms with Crippen molar-refractivity contribution in [3.8, 4) is 5.88 Å². The van der Waals surface area contributed by atoms with Gasteiger partial charge in [0.2, 0.25) is 5.88 Å². The number of nitrogen functional groups attached to an aromatic ring is 1. The first-order valence-corrected chi connectivity index (χ1v) is 7.03. The molecule has 3 nitrogen and oxygen atoms in total. The van der Waals surface area contributed by atoms with Gasteiger partial charge in [-0.05, 0) is 57.5 Å². The van der Waals surface area contributed by atoms with E-state index in [1.165, 1.54) is 19.3 Å². The predicted molar refractivity (Wildman–Crippen MR) is 71.6 cm³/mol. The quantitative estimate of drug-likeness (QED) is 0.880. The second-order valence-corrected chi connectivity index (χ2v) is 5.66. The molecule has 0 unspecified atom stereocenters. The summed E-state index contributed by atoms with van der Waals surface area (Å²) in [4.78, 5) is 4.24. The minimum absolute atomic E-state index is 0.290. The van der Waals surface area contributed by atoms with Crippen LogP contribution in [-0.4, -0.2) is 11.1 Å². The fourth-order valence-corrected chi connectivity index (χ4v) is 2.86. The van der Waals surface area contributed by atoms with E-state index in [1.807, 2.05) is 0 Å². The standard InChI is InChI=1S/C11H14Br2N2O/c12-8-6-15-11(9(13)10(8)14)16-7-4-2-1-3-5-7/h6-7H,1-5H2,(H2,14,15). The number of nitrogens with zero attached hydrogens (tertiary/aromatic N) is 1. The van der Waals surface area contributed by atoms with Gasteiger partial charge in [-0.25, -0.2) is 4.98 Å². The smallest absolute Gasteiger partial charge is 0.230 e. The molecule has 0 spiro atoms. The van der Waals surface area contributed by atoms with Crippen LogP contribution in [0.5, 0.6) is 5.88 Å². The van der Waals surface area contributed by atoms with Gasteiger partial charge in [0, 0.05) is 6.20 Å². The van der Waals surface area contributed by atoms with Crippen LogP contribution in [0.1, 0.15) is 32.1 Å². The van der Waals surface area contributed by atoms with Crippen LogP contribution < -0.4 is 10.5 Å². The Bertz CT molecular complexity index is 378. The molecule has 1 aromatic rings. The molecule has 2 N–H and O–H groups in total. The summed E-state index contributed by atoms with van der Waals surface area (Å²) in [5, 5.41) is 0. The topological polar surface area (TPSA) is 48.1 Å². The van der Waals surface area contributed by atoms with E-state index in [2.05, 4.69) is 36.8 Å². The van der Waals surface area contributed by atoms with Crippen LogP contribution in [0.2, 0.25) is 0 Å². The van der Waals surface area contributed by atoms with Gasteiger partial charge in [-0.3, -0.25) is 0 Å². The van der Waals surface area contributed by atoms with Gasteiger partial charge in [0.1, 0.15) is 10.6 Å². The Morgan fingerprint density at radius 2 is 1.94 bits per heavy atom. The van der Waals surface area contributed by atoms with Crippen LogP contribution in [0.4, 0.5) is 5.69 Å². The summed E-state index contributed by atoms with van der Waals surface area (Å²) < 4.78 is 7.39. The van der Waals surface area contributed by atoms with Crippen molar-refractivity contribution in [1.29, 1.82) is 0 Å². The first-order chi connectivity index (χ1) is 7.68. The van der Waals surface area contributed by atoms with E-state index < -0.39 is 0 Å². The molecule has 88 valence electrons. The van der Waals surface area contributed by atoms with Crippen molar-refractivity contribution in [2.75, 3.05) is 5.73 Å². The molecule has 1 aromatic heterocycles. The Balaban J connectivity index is 2.11. The zero-order valence-corrected chi connectivity index (χ0v) is 12.1. The maximum atomic E-state index is 5.87. The highest BCUT2D eigenvalue weighted by Gasteiger charge is 2.18. The molecule has 2 rings (SSSR count). The Kier molecular flexibility index (Phi) is 4.08. The minimum Gasteiger partial charge on any atom is -0.473 e. The monoisotopic (exact) mass is 348 g/mol. The van der Waals surface area contributed by atoms with E-state index in [4.69, 9.17) is 10.5 Å². The SMILES string of the molecule is Nc1c(Br)cnc(OC2CCCCC2)c1Br. The lowest BCUT2D eigenvalue weighted by molar-refractivity contribution is 0.147. The third-order valence-electron chi connectivity index (χ3n) is 2.81. The van der Waals surface area contributed by atoms with Crippen molar-refractivity contribution in [2.24, 2.45) is 0 Å². The van der Waals surface area contributed by atoms with Crippen LogP contribution in [0, 0.1) is 0 Å². The summed E-state index contributed by atoms with van der Waals surface area (Å²) in [5.41, 5.74) is 6.51. The summed E-state index contributed by atoms with van der Waals surface area (Å²) in [6.45, 7) is 0. The van der Waals surface area contributed by atoms with Gasteiger partial charge in [-0.2, -0.15) is 0 Å². The number of hydrogen-bond donors (Lipinski definition) is 1. The maximum absolute atomic E-state index is 5.87. The molecule has 1 heterocycles. The van der Waals surface area contributed by atoms with Crippen molar-refractivity contribution >= 4 is 37.5 Å². The Morgan fingerprint density at radius 1 is 1.25 bits per heavy atom. The zero-order chi connectivity index (χ0) is 11.5. The number of rotatable bonds is 2. The molecule has 0 atom stereocenters. The van der Waals surface area contributed by atoms with E-state index in [0.29, 0.717) is 11.6 Å². The maximum Gasteiger partial charge on any atom is 0.230 e. The number of ether oxygens (including phenoxy) is 1. The zero-order valence-electron chi connectivity index (χ0n) is 8.88. The third kappa shape index (κ3) is 2.69. The molecule has 0 radical (unpaired) electrons. The lowest BCUT2D eigenvalue weighted by atomic mass is 9.98. The minimum atomic E-state index is 0.290. The van der Waals surface area contributed by atoms with Crippen LogP contribution in [0.3, 0.4) is 0 Å². The third-order valence-corrected chi connectivity index (χ3v) is 4.21. The molecule has 0 aliphatic heterocycles. The molecule has 16 heavy (non-hydrogen) atoms. The highest BCUT2D eigenvalue weighted by molar-refractivity contribution is 9.11. The summed E-state index contributed by atoms with van der Waals surface area (Å²) in [7, 11) is 0. The second-order valence-electron chi connectivity index (χ2n) is 4.02. The van der Waals surface area contributed by atoms with E-state index in [0.717, 1.165) is 21.8 Å². The molecule has 0 saturated heterocycles. The van der Waals surface area contributed by atoms with Crippen molar-refractivity contribution < 1.29 is 4.74 Å². The lowest BCUT2D eigenvalue weighted by Gasteiger charge is -2.23. The molecule has 0 bridgehead atoms. The van der Waals surface area contributed by atoms with E-state index in [9.17, 15) is 0 Å². The average molecular weight is 350 g/mol. The van der Waals surface area contributed by atoms with Crippen LogP contribution in [0.15, 0.2) is 15.1 Å². The molecular weight excluding hydrogens is 336 g/mol. The molecule has 1 aliphatic rings. The van der Waals surface area contributed by atoms with Crippen molar-refractivity contribution in [1.82, 2.24) is 4.98 Å². The predicted octanol–water partition coefficient (Wildman–Crippen LogP) is 3.90. The van der Waals surface area contributed by atoms with Gasteiger partial charge in [-0.1, -0.05) is 6.42 Å². The van der Waals surface area contributed by atoms with Crippen molar-refractivity contribution in [2.45, 2.75) is 38.2 Å². The molecular formula is C11H14Br2N2O. The normalized spacial score (nSPS) is 17.4. The highest BCUT2D eigenvalue weighted by atomic mass is 79.9. The Labute approximate surface area is 112 Å².